The molecule has 1 aliphatic rings. The Kier molecular flexibility index (Phi) is 2.73. The summed E-state index contributed by atoms with van der Waals surface area (Å²) in [5.41, 5.74) is 2.82. The number of hydrogen-bond acceptors (Lipinski definition) is 3. The second-order valence-corrected chi connectivity index (χ2v) is 7.39. The Hall–Kier alpha value is -1.33. The standard InChI is InChI=1S/C13H12ClNO3S/c1-7-5-8-10(6-12(7)19(14,17)18)15-9-3-2-4-11(16)13(8)9/h5-6,15H,2-4H2,1H3. The van der Waals surface area contributed by atoms with Crippen LogP contribution in [0.15, 0.2) is 17.0 Å². The summed E-state index contributed by atoms with van der Waals surface area (Å²) in [5, 5.41) is 0.793. The fraction of sp³-hybridized carbons (Fsp3) is 0.308. The average Bonchev–Trinajstić information content (AvgIpc) is 2.65. The zero-order valence-corrected chi connectivity index (χ0v) is 11.9. The zero-order valence-electron chi connectivity index (χ0n) is 10.3. The largest absolute Gasteiger partial charge is 0.358 e. The summed E-state index contributed by atoms with van der Waals surface area (Å²) in [6.07, 6.45) is 2.20. The molecule has 0 aliphatic heterocycles. The van der Waals surface area contributed by atoms with Crippen LogP contribution in [0.2, 0.25) is 0 Å². The molecule has 1 aliphatic carbocycles. The Morgan fingerprint density at radius 3 is 2.68 bits per heavy atom. The molecule has 0 radical (unpaired) electrons. The molecule has 19 heavy (non-hydrogen) atoms. The van der Waals surface area contributed by atoms with Gasteiger partial charge in [-0.15, -0.1) is 0 Å². The van der Waals surface area contributed by atoms with E-state index in [9.17, 15) is 13.2 Å². The maximum Gasteiger partial charge on any atom is 0.261 e. The van der Waals surface area contributed by atoms with E-state index in [1.807, 2.05) is 0 Å². The number of nitrogens with one attached hydrogen (secondary N) is 1. The molecule has 6 heteroatoms. The van der Waals surface area contributed by atoms with Crippen LogP contribution in [-0.2, 0) is 15.5 Å². The minimum atomic E-state index is -3.77. The van der Waals surface area contributed by atoms with Gasteiger partial charge in [-0.05, 0) is 37.5 Å². The molecule has 0 fully saturated rings. The number of ketones is 1. The van der Waals surface area contributed by atoms with Gasteiger partial charge < -0.3 is 4.98 Å². The number of aromatic amines is 1. The van der Waals surface area contributed by atoms with Gasteiger partial charge in [-0.3, -0.25) is 4.79 Å². The number of halogens is 1. The molecular weight excluding hydrogens is 286 g/mol. The van der Waals surface area contributed by atoms with E-state index in [1.165, 1.54) is 6.07 Å². The highest BCUT2D eigenvalue weighted by Crippen LogP contribution is 2.32. The smallest absolute Gasteiger partial charge is 0.261 e. The Morgan fingerprint density at radius 2 is 2.00 bits per heavy atom. The quantitative estimate of drug-likeness (QED) is 0.823. The lowest BCUT2D eigenvalue weighted by atomic mass is 9.94. The summed E-state index contributed by atoms with van der Waals surface area (Å²) in [6, 6.07) is 3.24. The number of hydrogen-bond donors (Lipinski definition) is 1. The van der Waals surface area contributed by atoms with Gasteiger partial charge in [0.25, 0.3) is 9.05 Å². The van der Waals surface area contributed by atoms with Crippen molar-refractivity contribution in [2.45, 2.75) is 31.1 Å². The highest BCUT2D eigenvalue weighted by atomic mass is 35.7. The molecule has 4 nitrogen and oxygen atoms in total. The van der Waals surface area contributed by atoms with Crippen LogP contribution in [0.5, 0.6) is 0 Å². The molecule has 0 saturated carbocycles. The summed E-state index contributed by atoms with van der Waals surface area (Å²) in [5.74, 6) is 0.119. The van der Waals surface area contributed by atoms with E-state index in [0.29, 0.717) is 23.1 Å². The second-order valence-electron chi connectivity index (χ2n) is 4.86. The van der Waals surface area contributed by atoms with Gasteiger partial charge in [-0.1, -0.05) is 0 Å². The molecule has 0 atom stereocenters. The van der Waals surface area contributed by atoms with E-state index in [4.69, 9.17) is 10.7 Å². The van der Waals surface area contributed by atoms with Gasteiger partial charge in [0.05, 0.1) is 4.90 Å². The van der Waals surface area contributed by atoms with E-state index in [1.54, 1.807) is 13.0 Å². The van der Waals surface area contributed by atoms with E-state index >= 15 is 0 Å². The molecule has 0 bridgehead atoms. The highest BCUT2D eigenvalue weighted by molar-refractivity contribution is 8.13. The van der Waals surface area contributed by atoms with Crippen molar-refractivity contribution >= 4 is 36.4 Å². The van der Waals surface area contributed by atoms with Crippen LogP contribution in [0.4, 0.5) is 0 Å². The molecule has 100 valence electrons. The minimum Gasteiger partial charge on any atom is -0.358 e. The molecule has 3 rings (SSSR count). The van der Waals surface area contributed by atoms with E-state index in [0.717, 1.165) is 23.9 Å². The maximum atomic E-state index is 12.0. The van der Waals surface area contributed by atoms with Crippen molar-refractivity contribution < 1.29 is 13.2 Å². The monoisotopic (exact) mass is 297 g/mol. The SMILES string of the molecule is Cc1cc2c3c([nH]c2cc1S(=O)(=O)Cl)CCCC3=O. The van der Waals surface area contributed by atoms with Gasteiger partial charge in [0.2, 0.25) is 0 Å². The predicted octanol–water partition coefficient (Wildman–Crippen LogP) is 2.92. The molecule has 0 saturated heterocycles. The van der Waals surface area contributed by atoms with Crippen molar-refractivity contribution in [1.82, 2.24) is 4.98 Å². The molecular formula is C13H12ClNO3S. The molecule has 1 aromatic heterocycles. The number of aromatic nitrogens is 1. The number of carbonyl (C=O) groups excluding carboxylic acids is 1. The average molecular weight is 298 g/mol. The summed E-state index contributed by atoms with van der Waals surface area (Å²) in [6.45, 7) is 1.68. The van der Waals surface area contributed by atoms with Gasteiger partial charge in [0.1, 0.15) is 0 Å². The predicted molar refractivity (Wildman–Crippen MR) is 73.3 cm³/mol. The first-order chi connectivity index (χ1) is 8.88. The summed E-state index contributed by atoms with van der Waals surface area (Å²) >= 11 is 0. The first kappa shape index (κ1) is 12.7. The van der Waals surface area contributed by atoms with E-state index in [-0.39, 0.29) is 10.7 Å². The van der Waals surface area contributed by atoms with Crippen LogP contribution < -0.4 is 0 Å². The van der Waals surface area contributed by atoms with Crippen LogP contribution in [0, 0.1) is 6.92 Å². The third-order valence-corrected chi connectivity index (χ3v) is 5.01. The number of benzene rings is 1. The molecule has 1 N–H and O–H groups in total. The highest BCUT2D eigenvalue weighted by Gasteiger charge is 2.24. The number of H-pyrrole nitrogens is 1. The zero-order chi connectivity index (χ0) is 13.8. The molecule has 1 aromatic carbocycles. The molecule has 0 spiro atoms. The lowest BCUT2D eigenvalue weighted by Gasteiger charge is -2.09. The van der Waals surface area contributed by atoms with E-state index < -0.39 is 9.05 Å². The molecule has 0 unspecified atom stereocenters. The maximum absolute atomic E-state index is 12.0. The lowest BCUT2D eigenvalue weighted by Crippen LogP contribution is -2.09. The Morgan fingerprint density at radius 1 is 1.26 bits per heavy atom. The van der Waals surface area contributed by atoms with Gasteiger partial charge in [-0.2, -0.15) is 0 Å². The van der Waals surface area contributed by atoms with Crippen molar-refractivity contribution in [3.8, 4) is 0 Å². The minimum absolute atomic E-state index is 0.0905. The Balaban J connectivity index is 2.36. The number of fused-ring (bicyclic) bond motifs is 3. The third kappa shape index (κ3) is 1.97. The number of aryl methyl sites for hydroxylation is 2. The van der Waals surface area contributed by atoms with Crippen LogP contribution in [0.25, 0.3) is 10.9 Å². The number of Topliss-reactive ketones (excluding diaryl/α,β-unsaturated/α-hetero) is 1. The summed E-state index contributed by atoms with van der Waals surface area (Å²) in [4.78, 5) is 15.2. The van der Waals surface area contributed by atoms with Crippen molar-refractivity contribution in [2.75, 3.05) is 0 Å². The van der Waals surface area contributed by atoms with Gasteiger partial charge in [0, 0.05) is 39.3 Å². The lowest BCUT2D eigenvalue weighted by molar-refractivity contribution is 0.0974. The Labute approximate surface area is 115 Å². The van der Waals surface area contributed by atoms with Crippen molar-refractivity contribution in [3.05, 3.63) is 29.0 Å². The van der Waals surface area contributed by atoms with Crippen molar-refractivity contribution in [3.63, 3.8) is 0 Å². The van der Waals surface area contributed by atoms with Crippen LogP contribution in [0.3, 0.4) is 0 Å². The van der Waals surface area contributed by atoms with Gasteiger partial charge in [-0.25, -0.2) is 8.42 Å². The van der Waals surface area contributed by atoms with Crippen molar-refractivity contribution in [1.29, 1.82) is 0 Å². The summed E-state index contributed by atoms with van der Waals surface area (Å²) < 4.78 is 23.0. The second kappa shape index (κ2) is 4.08. The number of rotatable bonds is 1. The van der Waals surface area contributed by atoms with Crippen molar-refractivity contribution in [2.24, 2.45) is 0 Å². The van der Waals surface area contributed by atoms with Crippen LogP contribution in [-0.4, -0.2) is 19.2 Å². The van der Waals surface area contributed by atoms with Crippen LogP contribution >= 0.6 is 10.7 Å². The molecule has 2 aromatic rings. The topological polar surface area (TPSA) is 67.0 Å². The molecule has 1 heterocycles. The van der Waals surface area contributed by atoms with Crippen LogP contribution in [0.1, 0.15) is 34.5 Å². The van der Waals surface area contributed by atoms with E-state index in [2.05, 4.69) is 4.98 Å². The first-order valence-corrected chi connectivity index (χ1v) is 8.32. The first-order valence-electron chi connectivity index (χ1n) is 6.01. The Bertz CT molecular complexity index is 805. The fourth-order valence-electron chi connectivity index (χ4n) is 2.71. The normalized spacial score (nSPS) is 15.8. The third-order valence-electron chi connectivity index (χ3n) is 3.54. The van der Waals surface area contributed by atoms with Gasteiger partial charge >= 0.3 is 0 Å². The summed E-state index contributed by atoms with van der Waals surface area (Å²) in [7, 11) is 1.64. The number of carbonyl (C=O) groups is 1. The van der Waals surface area contributed by atoms with Gasteiger partial charge in [0.15, 0.2) is 5.78 Å². The molecule has 0 amide bonds. The fourth-order valence-corrected chi connectivity index (χ4v) is 3.91.